The highest BCUT2D eigenvalue weighted by molar-refractivity contribution is 6.62. The third-order valence-corrected chi connectivity index (χ3v) is 23.0. The second-order valence-electron chi connectivity index (χ2n) is 29.3. The summed E-state index contributed by atoms with van der Waals surface area (Å²) < 4.78 is 17.6. The molecule has 1 saturated heterocycles. The Morgan fingerprint density at radius 1 is 0.292 bits per heavy atom. The van der Waals surface area contributed by atoms with Crippen molar-refractivity contribution in [1.29, 1.82) is 0 Å². The molecule has 0 spiro atoms. The molecule has 0 amide bonds. The summed E-state index contributed by atoms with van der Waals surface area (Å²) in [5.74, 6) is 1.96. The van der Waals surface area contributed by atoms with Gasteiger partial charge in [-0.05, 0) is 217 Å². The maximum Gasteiger partial charge on any atom is 0.494 e. The van der Waals surface area contributed by atoms with Crippen LogP contribution in [0.4, 0.5) is 0 Å². The molecule has 18 aromatic rings. The fraction of sp³-hybridized carbons (Fsp3) is 0.0909. The number of aryl methyl sites for hydroxylation is 1. The molecule has 506 valence electrons. The van der Waals surface area contributed by atoms with Crippen LogP contribution in [0, 0.1) is 6.92 Å². The lowest BCUT2D eigenvalue weighted by atomic mass is 9.65. The van der Waals surface area contributed by atoms with E-state index in [9.17, 15) is 0 Å². The Balaban J connectivity index is 0.000000121. The summed E-state index contributed by atoms with van der Waals surface area (Å²) >= 11 is 0. The summed E-state index contributed by atoms with van der Waals surface area (Å²) in [7, 11) is -0.439. The highest BCUT2D eigenvalue weighted by Crippen LogP contribution is 2.60. The number of aromatic nitrogens is 4. The molecule has 0 saturated carbocycles. The highest BCUT2D eigenvalue weighted by atomic mass is 16.7. The predicted molar refractivity (Wildman–Crippen MR) is 439 cm³/mol. The summed E-state index contributed by atoms with van der Waals surface area (Å²) in [6.45, 7) is 10.5. The lowest BCUT2D eigenvalue weighted by Gasteiger charge is -2.35. The van der Waals surface area contributed by atoms with Gasteiger partial charge in [0.15, 0.2) is 0 Å². The molecule has 106 heavy (non-hydrogen) atoms. The van der Waals surface area contributed by atoms with Gasteiger partial charge in [-0.25, -0.2) is 9.97 Å². The van der Waals surface area contributed by atoms with Crippen LogP contribution in [0.3, 0.4) is 0 Å². The van der Waals surface area contributed by atoms with Crippen LogP contribution in [0.1, 0.15) is 78.0 Å². The van der Waals surface area contributed by atoms with Gasteiger partial charge in [0.2, 0.25) is 0 Å². The number of hydrogen-bond acceptors (Lipinski definition) is 4. The lowest BCUT2D eigenvalue weighted by molar-refractivity contribution is 0.00578. The smallest absolute Gasteiger partial charge is 0.399 e. The van der Waals surface area contributed by atoms with Gasteiger partial charge in [0.05, 0.1) is 44.1 Å². The van der Waals surface area contributed by atoms with Crippen molar-refractivity contribution in [2.45, 2.75) is 56.7 Å². The van der Waals surface area contributed by atoms with E-state index in [0.717, 1.165) is 56.1 Å². The number of fused-ring (bicyclic) bond motifs is 14. The Bertz CT molecular complexity index is 6430. The van der Waals surface area contributed by atoms with Crippen molar-refractivity contribution >= 4 is 77.7 Å². The van der Waals surface area contributed by atoms with E-state index in [1.165, 1.54) is 110 Å². The topological polar surface area (TPSA) is 54.1 Å². The third kappa shape index (κ3) is 10.1. The Kier molecular flexibility index (Phi) is 15.4. The van der Waals surface area contributed by atoms with Gasteiger partial charge in [-0.3, -0.25) is 9.13 Å². The largest absolute Gasteiger partial charge is 0.494 e. The van der Waals surface area contributed by atoms with E-state index in [0.29, 0.717) is 0 Å². The minimum absolute atomic E-state index is 0.412. The molecule has 2 unspecified atom stereocenters. The fourth-order valence-electron chi connectivity index (χ4n) is 17.6. The van der Waals surface area contributed by atoms with Crippen LogP contribution in [-0.2, 0) is 20.1 Å². The van der Waals surface area contributed by atoms with E-state index in [2.05, 4.69) is 369 Å². The molecule has 0 N–H and O–H groups in total. The van der Waals surface area contributed by atoms with E-state index in [-0.39, 0.29) is 0 Å². The van der Waals surface area contributed by atoms with Crippen molar-refractivity contribution in [3.05, 3.63) is 414 Å². The molecule has 3 heterocycles. The number of para-hydroxylation sites is 6. The predicted octanol–water partition coefficient (Wildman–Crippen LogP) is 23.4. The Morgan fingerprint density at radius 2 is 0.670 bits per heavy atom. The van der Waals surface area contributed by atoms with Crippen LogP contribution in [-0.4, -0.2) is 37.4 Å². The van der Waals surface area contributed by atoms with Gasteiger partial charge < -0.3 is 9.31 Å². The number of imidazole rings is 2. The van der Waals surface area contributed by atoms with Gasteiger partial charge in [0.1, 0.15) is 11.6 Å². The van der Waals surface area contributed by atoms with Crippen LogP contribution in [0.2, 0.25) is 0 Å². The van der Waals surface area contributed by atoms with Crippen LogP contribution in [0.5, 0.6) is 0 Å². The highest BCUT2D eigenvalue weighted by Gasteiger charge is 2.54. The number of benzene rings is 16. The van der Waals surface area contributed by atoms with Gasteiger partial charge in [-0.1, -0.05) is 297 Å². The first-order valence-corrected chi connectivity index (χ1v) is 36.8. The van der Waals surface area contributed by atoms with Crippen LogP contribution >= 0.6 is 0 Å². The van der Waals surface area contributed by atoms with Gasteiger partial charge in [-0.2, -0.15) is 0 Å². The normalized spacial score (nSPS) is 16.5. The second-order valence-corrected chi connectivity index (χ2v) is 29.3. The average molecular weight is 1360 g/mol. The van der Waals surface area contributed by atoms with Crippen LogP contribution in [0.25, 0.3) is 110 Å². The van der Waals surface area contributed by atoms with E-state index in [1.54, 1.807) is 0 Å². The third-order valence-electron chi connectivity index (χ3n) is 23.0. The Hall–Kier alpha value is -12.5. The summed E-state index contributed by atoms with van der Waals surface area (Å²) in [5.41, 5.74) is 22.1. The number of rotatable bonds is 8. The SMILES string of the molecule is CC1(C)OB(c2ccc3c(c2)C(c2ccccc2)(c2cc4ccccc4c4ccccc24)c2ccccc2-3)OC1(C)C.Cc1nc2ccccc2n1-c1ccccc1.c1ccc(-n2c(-c3ccc4c(c3)C(c3ccccc3)(c3cc5ccccc5c5ccccc35)c3ccccc3-4)nc3ccccc32)cc1. The molecule has 0 bridgehead atoms. The van der Waals surface area contributed by atoms with Gasteiger partial charge in [0, 0.05) is 16.9 Å². The fourth-order valence-corrected chi connectivity index (χ4v) is 17.6. The molecular formula is C99H75BN4O2. The molecule has 6 nitrogen and oxygen atoms in total. The van der Waals surface area contributed by atoms with Gasteiger partial charge in [-0.15, -0.1) is 0 Å². The summed E-state index contributed by atoms with van der Waals surface area (Å²) in [6.07, 6.45) is 0. The zero-order valence-electron chi connectivity index (χ0n) is 59.8. The zero-order chi connectivity index (χ0) is 71.3. The van der Waals surface area contributed by atoms with Crippen LogP contribution in [0.15, 0.2) is 364 Å². The van der Waals surface area contributed by atoms with Crippen molar-refractivity contribution in [3.8, 4) is 45.0 Å². The first-order valence-electron chi connectivity index (χ1n) is 36.8. The Labute approximate surface area is 618 Å². The van der Waals surface area contributed by atoms with Crippen molar-refractivity contribution in [2.75, 3.05) is 0 Å². The number of hydrogen-bond donors (Lipinski definition) is 0. The number of nitrogens with zero attached hydrogens (tertiary/aromatic N) is 4. The van der Waals surface area contributed by atoms with E-state index in [1.807, 2.05) is 43.3 Å². The van der Waals surface area contributed by atoms with E-state index < -0.39 is 29.2 Å². The minimum Gasteiger partial charge on any atom is -0.399 e. The summed E-state index contributed by atoms with van der Waals surface area (Å²) in [5, 5.41) is 10.1. The molecule has 2 atom stereocenters. The minimum atomic E-state index is -0.559. The van der Waals surface area contributed by atoms with Crippen molar-refractivity contribution in [1.82, 2.24) is 19.1 Å². The molecule has 1 aliphatic heterocycles. The maximum absolute atomic E-state index is 6.57. The van der Waals surface area contributed by atoms with Gasteiger partial charge in [0.25, 0.3) is 0 Å². The standard InChI is InChI=1S/C46H30N2.C39H33BO2.C14H12N2/c1-3-16-33(17-4-1)46(41-29-31-15-7-8-20-35(31)36-21-9-10-22-37(36)41)40-24-12-11-23-38(40)39-28-27-32(30-42(39)46)45-47-43-25-13-14-26-44(43)48(45)34-18-5-2-6-19-34;1-37(2)38(3,4)42-40(41-37)28-22-23-33-32-20-12-13-21-34(32)39(36(33)25-28,27-15-6-5-7-16-27)35-24-26-14-8-9-17-29(26)30-18-10-11-19-31(30)35;1-11-15-13-9-5-6-10-14(13)16(11)12-7-3-2-4-8-12/h1-30H;5-25H,1-4H3;2-10H,1H3. The lowest BCUT2D eigenvalue weighted by Crippen LogP contribution is -2.41. The summed E-state index contributed by atoms with van der Waals surface area (Å²) in [6, 6.07) is 132. The summed E-state index contributed by atoms with van der Waals surface area (Å²) in [4.78, 5) is 9.83. The molecule has 2 aliphatic carbocycles. The van der Waals surface area contributed by atoms with Crippen LogP contribution < -0.4 is 5.46 Å². The first-order chi connectivity index (χ1) is 52.0. The van der Waals surface area contributed by atoms with Gasteiger partial charge >= 0.3 is 7.12 Å². The quantitative estimate of drug-likeness (QED) is 0.112. The molecule has 7 heteroatoms. The van der Waals surface area contributed by atoms with Crippen molar-refractivity contribution < 1.29 is 9.31 Å². The second kappa shape index (κ2) is 25.4. The maximum atomic E-state index is 6.57. The molecule has 21 rings (SSSR count). The molecule has 2 aromatic heterocycles. The molecule has 1 fully saturated rings. The molecular weight excluding hydrogens is 1290 g/mol. The van der Waals surface area contributed by atoms with E-state index >= 15 is 0 Å². The van der Waals surface area contributed by atoms with Crippen molar-refractivity contribution in [3.63, 3.8) is 0 Å². The average Bonchev–Trinajstić information content (AvgIpc) is 1.51. The molecule has 3 aliphatic rings. The molecule has 0 radical (unpaired) electrons. The van der Waals surface area contributed by atoms with E-state index in [4.69, 9.17) is 14.3 Å². The first kappa shape index (κ1) is 64.3. The Morgan fingerprint density at radius 3 is 1.19 bits per heavy atom. The monoisotopic (exact) mass is 1360 g/mol. The molecule has 16 aromatic carbocycles. The zero-order valence-corrected chi connectivity index (χ0v) is 59.8. The van der Waals surface area contributed by atoms with Crippen molar-refractivity contribution in [2.24, 2.45) is 0 Å².